The summed E-state index contributed by atoms with van der Waals surface area (Å²) in [5.74, 6) is -0.740. The SMILES string of the molecule is C[N+](C)(C)CCCNC1=C(N)C(=O)c2ccccc2C1=O.C[N+](C)(C)CCCn1cnc2c1C(=O)c1ccccc1C2=O. The largest absolute Gasteiger partial charge is 0.394 e. The van der Waals surface area contributed by atoms with E-state index in [0.29, 0.717) is 41.0 Å². The molecule has 0 saturated heterocycles. The van der Waals surface area contributed by atoms with Crippen LogP contribution in [0.1, 0.15) is 65.7 Å². The fourth-order valence-corrected chi connectivity index (χ4v) is 5.14. The summed E-state index contributed by atoms with van der Waals surface area (Å²) in [5, 5.41) is 3.04. The quantitative estimate of drug-likeness (QED) is 0.228. The van der Waals surface area contributed by atoms with Crippen molar-refractivity contribution in [2.24, 2.45) is 5.73 Å². The normalized spacial score (nSPS) is 14.6. The van der Waals surface area contributed by atoms with Crippen LogP contribution in [0.25, 0.3) is 0 Å². The molecule has 0 saturated carbocycles. The van der Waals surface area contributed by atoms with Gasteiger partial charge in [0, 0.05) is 48.2 Å². The summed E-state index contributed by atoms with van der Waals surface area (Å²) in [7, 11) is 12.7. The van der Waals surface area contributed by atoms with Crippen LogP contribution in [0.5, 0.6) is 0 Å². The van der Waals surface area contributed by atoms with Gasteiger partial charge in [-0.05, 0) is 0 Å². The van der Waals surface area contributed by atoms with Crippen LogP contribution in [0.2, 0.25) is 0 Å². The minimum atomic E-state index is -0.278. The number of carbonyl (C=O) groups excluding carboxylic acids is 4. The van der Waals surface area contributed by atoms with E-state index >= 15 is 0 Å². The van der Waals surface area contributed by atoms with Crippen molar-refractivity contribution < 1.29 is 28.1 Å². The van der Waals surface area contributed by atoms with E-state index in [1.807, 2.05) is 4.57 Å². The molecule has 10 heteroatoms. The highest BCUT2D eigenvalue weighted by Crippen LogP contribution is 2.26. The number of hydrogen-bond acceptors (Lipinski definition) is 7. The Labute approximate surface area is 253 Å². The zero-order valence-electron chi connectivity index (χ0n) is 25.9. The maximum atomic E-state index is 12.7. The molecule has 2 aliphatic rings. The van der Waals surface area contributed by atoms with Crippen molar-refractivity contribution in [1.29, 1.82) is 0 Å². The second kappa shape index (κ2) is 12.4. The Hall–Kier alpha value is -4.41. The number of nitrogens with two attached hydrogens (primary N) is 1. The number of imidazole rings is 1. The number of quaternary nitrogens is 2. The number of aryl methyl sites for hydroxylation is 1. The molecule has 5 rings (SSSR count). The Bertz CT molecular complexity index is 1600. The van der Waals surface area contributed by atoms with Crippen molar-refractivity contribution in [2.45, 2.75) is 19.4 Å². The Balaban J connectivity index is 0.000000197. The lowest BCUT2D eigenvalue weighted by Crippen LogP contribution is -2.38. The van der Waals surface area contributed by atoms with Gasteiger partial charge in [-0.1, -0.05) is 48.5 Å². The summed E-state index contributed by atoms with van der Waals surface area (Å²) < 4.78 is 3.54. The molecule has 0 unspecified atom stereocenters. The van der Waals surface area contributed by atoms with E-state index in [1.165, 1.54) is 0 Å². The maximum absolute atomic E-state index is 12.7. The molecule has 0 bridgehead atoms. The summed E-state index contributed by atoms with van der Waals surface area (Å²) in [6.07, 6.45) is 3.43. The van der Waals surface area contributed by atoms with Gasteiger partial charge in [0.05, 0.1) is 61.7 Å². The van der Waals surface area contributed by atoms with Crippen molar-refractivity contribution in [3.8, 4) is 0 Å². The average Bonchev–Trinajstić information content (AvgIpc) is 3.38. The average molecular weight is 587 g/mol. The zero-order chi connectivity index (χ0) is 31.5. The summed E-state index contributed by atoms with van der Waals surface area (Å²) in [6, 6.07) is 13.7. The number of rotatable bonds is 9. The predicted molar refractivity (Wildman–Crippen MR) is 165 cm³/mol. The smallest absolute Gasteiger partial charge is 0.214 e. The lowest BCUT2D eigenvalue weighted by Gasteiger charge is -2.24. The first-order valence-corrected chi connectivity index (χ1v) is 14.5. The number of allylic oxidation sites excluding steroid dienone is 2. The Morgan fingerprint density at radius 3 is 1.74 bits per heavy atom. The van der Waals surface area contributed by atoms with E-state index in [0.717, 1.165) is 34.9 Å². The van der Waals surface area contributed by atoms with Gasteiger partial charge in [-0.3, -0.25) is 19.2 Å². The first-order chi connectivity index (χ1) is 20.2. The molecule has 1 heterocycles. The van der Waals surface area contributed by atoms with E-state index < -0.39 is 0 Å². The number of fused-ring (bicyclic) bond motifs is 3. The molecule has 0 radical (unpaired) electrons. The van der Waals surface area contributed by atoms with Crippen LogP contribution in [0.15, 0.2) is 66.3 Å². The highest BCUT2D eigenvalue weighted by molar-refractivity contribution is 6.27. The summed E-state index contributed by atoms with van der Waals surface area (Å²) in [5.41, 5.74) is 8.56. The number of hydrogen-bond donors (Lipinski definition) is 2. The number of nitrogens with one attached hydrogen (secondary N) is 1. The van der Waals surface area contributed by atoms with E-state index in [2.05, 4.69) is 52.6 Å². The molecule has 0 spiro atoms. The van der Waals surface area contributed by atoms with Gasteiger partial charge in [-0.25, -0.2) is 4.98 Å². The predicted octanol–water partition coefficient (Wildman–Crippen LogP) is 2.68. The minimum absolute atomic E-state index is 0.0175. The Morgan fingerprint density at radius 2 is 1.19 bits per heavy atom. The Morgan fingerprint density at radius 1 is 0.698 bits per heavy atom. The first kappa shape index (κ1) is 31.5. The molecule has 0 fully saturated rings. The van der Waals surface area contributed by atoms with Crippen molar-refractivity contribution in [1.82, 2.24) is 14.9 Å². The van der Waals surface area contributed by atoms with Crippen LogP contribution in [-0.4, -0.2) is 104 Å². The second-order valence-corrected chi connectivity index (χ2v) is 13.0. The van der Waals surface area contributed by atoms with Crippen molar-refractivity contribution in [3.05, 3.63) is 99.9 Å². The van der Waals surface area contributed by atoms with Gasteiger partial charge in [0.2, 0.25) is 23.1 Å². The minimum Gasteiger partial charge on any atom is -0.394 e. The molecule has 226 valence electrons. The summed E-state index contributed by atoms with van der Waals surface area (Å²) in [6.45, 7) is 3.27. The van der Waals surface area contributed by atoms with Crippen LogP contribution in [-0.2, 0) is 6.54 Å². The van der Waals surface area contributed by atoms with E-state index in [-0.39, 0.29) is 40.2 Å². The zero-order valence-corrected chi connectivity index (χ0v) is 25.9. The third kappa shape index (κ3) is 7.15. The molecule has 3 N–H and O–H groups in total. The molecule has 1 aromatic heterocycles. The van der Waals surface area contributed by atoms with Crippen LogP contribution in [0.3, 0.4) is 0 Å². The van der Waals surface area contributed by atoms with Crippen LogP contribution < -0.4 is 11.1 Å². The molecule has 43 heavy (non-hydrogen) atoms. The maximum Gasteiger partial charge on any atom is 0.214 e. The number of aromatic nitrogens is 2. The molecular weight excluding hydrogens is 544 g/mol. The van der Waals surface area contributed by atoms with Crippen LogP contribution in [0.4, 0.5) is 0 Å². The molecule has 2 aromatic carbocycles. The van der Waals surface area contributed by atoms with Gasteiger partial charge in [0.25, 0.3) is 0 Å². The molecular formula is C33H42N6O4+2. The number of benzene rings is 2. The van der Waals surface area contributed by atoms with Gasteiger partial charge < -0.3 is 24.6 Å². The Kier molecular flexibility index (Phi) is 9.12. The lowest BCUT2D eigenvalue weighted by atomic mass is 9.90. The monoisotopic (exact) mass is 586 g/mol. The highest BCUT2D eigenvalue weighted by Gasteiger charge is 2.34. The molecule has 3 aromatic rings. The molecule has 0 atom stereocenters. The molecule has 0 aliphatic heterocycles. The van der Waals surface area contributed by atoms with E-state index in [9.17, 15) is 19.2 Å². The highest BCUT2D eigenvalue weighted by atomic mass is 16.1. The van der Waals surface area contributed by atoms with E-state index in [4.69, 9.17) is 5.73 Å². The fourth-order valence-electron chi connectivity index (χ4n) is 5.14. The summed E-state index contributed by atoms with van der Waals surface area (Å²) >= 11 is 0. The fraction of sp³-hybridized carbons (Fsp3) is 0.364. The second-order valence-electron chi connectivity index (χ2n) is 13.0. The van der Waals surface area contributed by atoms with E-state index in [1.54, 1.807) is 54.9 Å². The van der Waals surface area contributed by atoms with Gasteiger partial charge in [0.1, 0.15) is 22.8 Å². The topological polar surface area (TPSA) is 124 Å². The third-order valence-electron chi connectivity index (χ3n) is 7.38. The van der Waals surface area contributed by atoms with Gasteiger partial charge in [-0.2, -0.15) is 0 Å². The van der Waals surface area contributed by atoms with Crippen LogP contribution in [0, 0.1) is 0 Å². The van der Waals surface area contributed by atoms with Gasteiger partial charge in [0.15, 0.2) is 0 Å². The number of nitrogens with zero attached hydrogens (tertiary/aromatic N) is 4. The first-order valence-electron chi connectivity index (χ1n) is 14.5. The van der Waals surface area contributed by atoms with Crippen molar-refractivity contribution >= 4 is 23.1 Å². The third-order valence-corrected chi connectivity index (χ3v) is 7.38. The lowest BCUT2D eigenvalue weighted by molar-refractivity contribution is -0.870. The van der Waals surface area contributed by atoms with Crippen molar-refractivity contribution in [3.63, 3.8) is 0 Å². The number of ketones is 4. The molecule has 0 amide bonds. The standard InChI is InChI=1S/C17H20N3O2.C16H21N3O2/c1-20(2,3)10-6-9-19-11-18-14-15(19)17(22)13-8-5-4-7-12(13)16(14)21;1-19(2,3)10-6-9-18-14-13(17)15(20)11-7-4-5-8-12(11)16(14)21/h4-5,7-8,11H,6,9-10H2,1-3H3;4-5,7-8H,6,9-10H2,1-3H3,(H2-,17,18,20,21)/q+1;/p+1. The van der Waals surface area contributed by atoms with Crippen LogP contribution >= 0.6 is 0 Å². The van der Waals surface area contributed by atoms with Gasteiger partial charge in [-0.15, -0.1) is 0 Å². The molecule has 10 nitrogen and oxygen atoms in total. The number of Topliss-reactive ketones (excluding diaryl/α,β-unsaturated/α-hetero) is 2. The van der Waals surface area contributed by atoms with Gasteiger partial charge >= 0.3 is 0 Å². The van der Waals surface area contributed by atoms with Crippen molar-refractivity contribution in [2.75, 3.05) is 61.9 Å². The number of carbonyl (C=O) groups is 4. The summed E-state index contributed by atoms with van der Waals surface area (Å²) in [4.78, 5) is 53.9. The molecule has 2 aliphatic carbocycles.